The van der Waals surface area contributed by atoms with Crippen molar-refractivity contribution in [2.75, 3.05) is 18.1 Å². The first-order valence-electron chi connectivity index (χ1n) is 13.3. The maximum Gasteiger partial charge on any atom is 0.416 e. The molecule has 12 heteroatoms. The van der Waals surface area contributed by atoms with Gasteiger partial charge in [-0.1, -0.05) is 13.0 Å². The highest BCUT2D eigenvalue weighted by Gasteiger charge is 2.62. The van der Waals surface area contributed by atoms with Gasteiger partial charge in [0, 0.05) is 30.1 Å². The quantitative estimate of drug-likeness (QED) is 0.437. The summed E-state index contributed by atoms with van der Waals surface area (Å²) in [5.41, 5.74) is -0.550. The maximum absolute atomic E-state index is 14.9. The van der Waals surface area contributed by atoms with Crippen molar-refractivity contribution in [1.29, 1.82) is 0 Å². The minimum atomic E-state index is -4.69. The van der Waals surface area contributed by atoms with Gasteiger partial charge >= 0.3 is 6.18 Å². The van der Waals surface area contributed by atoms with Gasteiger partial charge in [0.1, 0.15) is 11.9 Å². The van der Waals surface area contributed by atoms with Crippen LogP contribution >= 0.6 is 0 Å². The maximum atomic E-state index is 14.9. The van der Waals surface area contributed by atoms with Gasteiger partial charge in [0.05, 0.1) is 22.1 Å². The van der Waals surface area contributed by atoms with Crippen molar-refractivity contribution in [2.24, 2.45) is 17.8 Å². The first-order chi connectivity index (χ1) is 18.7. The van der Waals surface area contributed by atoms with Gasteiger partial charge in [0.25, 0.3) is 5.91 Å². The van der Waals surface area contributed by atoms with Crippen molar-refractivity contribution in [3.8, 4) is 0 Å². The van der Waals surface area contributed by atoms with E-state index in [1.54, 1.807) is 0 Å². The number of anilines is 1. The summed E-state index contributed by atoms with van der Waals surface area (Å²) in [6, 6.07) is 4.66. The van der Waals surface area contributed by atoms with Crippen molar-refractivity contribution in [1.82, 2.24) is 10.2 Å². The molecule has 2 N–H and O–H groups in total. The van der Waals surface area contributed by atoms with Crippen molar-refractivity contribution in [2.45, 2.75) is 62.3 Å². The number of hydrogen-bond acceptors (Lipinski definition) is 5. The third kappa shape index (κ3) is 5.29. The van der Waals surface area contributed by atoms with Crippen LogP contribution in [-0.2, 0) is 20.8 Å². The number of likely N-dealkylation sites (tertiary alicyclic amines) is 1. The Morgan fingerprint density at radius 1 is 1.12 bits per heavy atom. The number of halogens is 4. The molecule has 0 spiro atoms. The van der Waals surface area contributed by atoms with Gasteiger partial charge in [-0.15, -0.1) is 0 Å². The number of piperidine rings is 1. The number of nitrogens with one attached hydrogen (secondary N) is 2. The van der Waals surface area contributed by atoms with Crippen molar-refractivity contribution >= 4 is 27.3 Å². The second kappa shape index (κ2) is 10.0. The van der Waals surface area contributed by atoms with E-state index in [4.69, 9.17) is 0 Å². The van der Waals surface area contributed by atoms with E-state index in [0.717, 1.165) is 18.4 Å². The Balaban J connectivity index is 1.44. The molecule has 216 valence electrons. The number of fused-ring (bicyclic) bond motifs is 1. The molecule has 0 radical (unpaired) electrons. The van der Waals surface area contributed by atoms with E-state index in [0.29, 0.717) is 37.6 Å². The number of hydrogen-bond donors (Lipinski definition) is 2. The summed E-state index contributed by atoms with van der Waals surface area (Å²) >= 11 is 0. The molecule has 3 fully saturated rings. The zero-order valence-electron chi connectivity index (χ0n) is 22.3. The van der Waals surface area contributed by atoms with Crippen molar-refractivity contribution in [3.05, 3.63) is 58.9 Å². The second-order valence-corrected chi connectivity index (χ2v) is 13.1. The molecule has 2 aliphatic carbocycles. The minimum Gasteiger partial charge on any atom is -0.385 e. The van der Waals surface area contributed by atoms with E-state index in [2.05, 4.69) is 10.6 Å². The number of carbonyl (C=O) groups excluding carboxylic acids is 2. The first-order valence-corrected chi connectivity index (χ1v) is 15.2. The molecule has 40 heavy (non-hydrogen) atoms. The third-order valence-corrected chi connectivity index (χ3v) is 9.38. The fourth-order valence-corrected chi connectivity index (χ4v) is 6.57. The van der Waals surface area contributed by atoms with Gasteiger partial charge in [-0.05, 0) is 74.3 Å². The molecular formula is C28H31F4N3O4S. The zero-order chi connectivity index (χ0) is 29.1. The summed E-state index contributed by atoms with van der Waals surface area (Å²) in [6.07, 6.45) is -1.89. The monoisotopic (exact) mass is 581 g/mol. The zero-order valence-corrected chi connectivity index (χ0v) is 23.1. The molecule has 7 nitrogen and oxygen atoms in total. The van der Waals surface area contributed by atoms with Crippen LogP contribution in [0.3, 0.4) is 0 Å². The highest BCUT2D eigenvalue weighted by molar-refractivity contribution is 7.90. The van der Waals surface area contributed by atoms with Gasteiger partial charge < -0.3 is 15.5 Å². The molecule has 1 aliphatic heterocycles. The highest BCUT2D eigenvalue weighted by atomic mass is 32.2. The summed E-state index contributed by atoms with van der Waals surface area (Å²) in [7, 11) is -3.61. The first kappa shape index (κ1) is 28.4. The largest absolute Gasteiger partial charge is 0.416 e. The number of alkyl halides is 3. The van der Waals surface area contributed by atoms with E-state index < -0.39 is 51.3 Å². The minimum absolute atomic E-state index is 0.0199. The summed E-state index contributed by atoms with van der Waals surface area (Å²) < 4.78 is 78.5. The number of carbonyl (C=O) groups is 2. The average Bonchev–Trinajstić information content (AvgIpc) is 3.78. The molecule has 3 aliphatic rings. The molecule has 5 rings (SSSR count). The van der Waals surface area contributed by atoms with E-state index in [9.17, 15) is 35.6 Å². The number of rotatable bonds is 8. The normalized spacial score (nSPS) is 24.8. The third-order valence-electron chi connectivity index (χ3n) is 8.27. The predicted molar refractivity (Wildman–Crippen MR) is 140 cm³/mol. The lowest BCUT2D eigenvalue weighted by Crippen LogP contribution is -2.49. The highest BCUT2D eigenvalue weighted by Crippen LogP contribution is 2.54. The SMILES string of the molecule is CCNc1ccc(S(C)(=O)=O)cc1C(=O)N1C2C(C)C2C[C@@H]1C(=O)NC(c1ccc(C(F)(F)F)cc1F)C1CC1. The van der Waals surface area contributed by atoms with Crippen LogP contribution in [-0.4, -0.2) is 50.0 Å². The molecule has 1 heterocycles. The van der Waals surface area contributed by atoms with Gasteiger partial charge in [-0.3, -0.25) is 9.59 Å². The molecule has 2 saturated carbocycles. The van der Waals surface area contributed by atoms with Crippen molar-refractivity contribution in [3.63, 3.8) is 0 Å². The average molecular weight is 582 g/mol. The molecule has 0 aromatic heterocycles. The molecule has 4 unspecified atom stereocenters. The van der Waals surface area contributed by atoms with E-state index in [-0.39, 0.29) is 39.8 Å². The van der Waals surface area contributed by atoms with Gasteiger partial charge in [-0.2, -0.15) is 13.2 Å². The van der Waals surface area contributed by atoms with Gasteiger partial charge in [0.15, 0.2) is 9.84 Å². The van der Waals surface area contributed by atoms with Crippen LogP contribution in [0.4, 0.5) is 23.2 Å². The Labute approximate surface area is 230 Å². The molecule has 1 saturated heterocycles. The number of benzene rings is 2. The Morgan fingerprint density at radius 2 is 1.82 bits per heavy atom. The van der Waals surface area contributed by atoms with E-state index in [1.807, 2.05) is 13.8 Å². The Morgan fingerprint density at radius 3 is 2.40 bits per heavy atom. The number of amides is 2. The van der Waals surface area contributed by atoms with E-state index >= 15 is 0 Å². The lowest BCUT2D eigenvalue weighted by molar-refractivity contribution is -0.137. The molecule has 2 amide bonds. The lowest BCUT2D eigenvalue weighted by Gasteiger charge is -2.31. The molecule has 5 atom stereocenters. The molecule has 2 aromatic rings. The van der Waals surface area contributed by atoms with E-state index in [1.165, 1.54) is 23.1 Å². The van der Waals surface area contributed by atoms with Crippen LogP contribution in [0.25, 0.3) is 0 Å². The molecule has 0 bridgehead atoms. The number of nitrogens with zero attached hydrogens (tertiary/aromatic N) is 1. The Hall–Kier alpha value is -3.15. The Kier molecular flexibility index (Phi) is 7.12. The van der Waals surface area contributed by atoms with Gasteiger partial charge in [0.2, 0.25) is 5.91 Å². The van der Waals surface area contributed by atoms with Crippen LogP contribution in [0.2, 0.25) is 0 Å². The van der Waals surface area contributed by atoms with Crippen LogP contribution in [0, 0.1) is 23.6 Å². The fourth-order valence-electron chi connectivity index (χ4n) is 5.92. The topological polar surface area (TPSA) is 95.6 Å². The van der Waals surface area contributed by atoms with Gasteiger partial charge in [-0.25, -0.2) is 12.8 Å². The number of sulfone groups is 1. The predicted octanol–water partition coefficient (Wildman–Crippen LogP) is 4.80. The van der Waals surface area contributed by atoms with Crippen LogP contribution in [0.5, 0.6) is 0 Å². The van der Waals surface area contributed by atoms with Crippen molar-refractivity contribution < 1.29 is 35.6 Å². The molecular weight excluding hydrogens is 550 g/mol. The van der Waals surface area contributed by atoms with Crippen LogP contribution in [0.1, 0.15) is 60.6 Å². The van der Waals surface area contributed by atoms with Crippen LogP contribution in [0.15, 0.2) is 41.3 Å². The van der Waals surface area contributed by atoms with Crippen LogP contribution < -0.4 is 10.6 Å². The second-order valence-electron chi connectivity index (χ2n) is 11.0. The fraction of sp³-hybridized carbons (Fsp3) is 0.500. The smallest absolute Gasteiger partial charge is 0.385 e. The Bertz CT molecular complexity index is 1460. The summed E-state index contributed by atoms with van der Waals surface area (Å²) in [4.78, 5) is 29.1. The lowest BCUT2D eigenvalue weighted by atomic mass is 9.98. The molecule has 2 aromatic carbocycles. The standard InChI is InChI=1S/C28H31F4N3O4S/c1-4-33-22-10-8-17(40(3,38)39)12-20(22)27(37)35-23(13-19-14(2)25(19)35)26(36)34-24(15-5-6-15)18-9-7-16(11-21(18)29)28(30,31)32/h7-12,14-15,19,23-25,33H,4-6,13H2,1-3H3,(H,34,36)/t14?,19?,23-,24?,25?/m1/s1. The summed E-state index contributed by atoms with van der Waals surface area (Å²) in [5, 5.41) is 5.91. The summed E-state index contributed by atoms with van der Waals surface area (Å²) in [6.45, 7) is 4.29. The summed E-state index contributed by atoms with van der Waals surface area (Å²) in [5.74, 6) is -1.92.